The highest BCUT2D eigenvalue weighted by molar-refractivity contribution is 6.30. The fraction of sp³-hybridized carbons (Fsp3) is 0.0769. The van der Waals surface area contributed by atoms with Gasteiger partial charge in [0.05, 0.1) is 5.02 Å². The summed E-state index contributed by atoms with van der Waals surface area (Å²) >= 11 is 5.64. The summed E-state index contributed by atoms with van der Waals surface area (Å²) < 4.78 is 13.3. The molecule has 0 saturated heterocycles. The van der Waals surface area contributed by atoms with E-state index in [1.165, 1.54) is 6.07 Å². The Hall–Kier alpha value is -1.09. The van der Waals surface area contributed by atoms with Crippen molar-refractivity contribution in [3.8, 4) is 11.1 Å². The van der Waals surface area contributed by atoms with E-state index < -0.39 is 5.82 Å². The van der Waals surface area contributed by atoms with Gasteiger partial charge in [-0.25, -0.2) is 4.39 Å². The summed E-state index contributed by atoms with van der Waals surface area (Å²) in [6.45, 7) is 0.431. The Morgan fingerprint density at radius 1 is 1.12 bits per heavy atom. The first-order chi connectivity index (χ1) is 7.72. The Kier molecular flexibility index (Phi) is 4.94. The Bertz CT molecular complexity index is 515. The van der Waals surface area contributed by atoms with Crippen molar-refractivity contribution in [3.05, 3.63) is 58.9 Å². The minimum absolute atomic E-state index is 0. The second kappa shape index (κ2) is 6.01. The van der Waals surface area contributed by atoms with Gasteiger partial charge in [-0.3, -0.25) is 0 Å². The topological polar surface area (TPSA) is 26.0 Å². The smallest absolute Gasteiger partial charge is 0.142 e. The number of benzene rings is 2. The Morgan fingerprint density at radius 3 is 2.47 bits per heavy atom. The van der Waals surface area contributed by atoms with Crippen LogP contribution >= 0.6 is 24.0 Å². The number of hydrogen-bond acceptors (Lipinski definition) is 1. The molecule has 0 aliphatic rings. The zero-order chi connectivity index (χ0) is 11.5. The zero-order valence-electron chi connectivity index (χ0n) is 8.99. The van der Waals surface area contributed by atoms with E-state index in [1.807, 2.05) is 24.3 Å². The maximum absolute atomic E-state index is 13.3. The minimum atomic E-state index is -0.411. The van der Waals surface area contributed by atoms with E-state index in [0.717, 1.165) is 16.7 Å². The normalized spacial score (nSPS) is 9.82. The monoisotopic (exact) mass is 271 g/mol. The average molecular weight is 272 g/mol. The maximum Gasteiger partial charge on any atom is 0.142 e. The van der Waals surface area contributed by atoms with Crippen molar-refractivity contribution in [2.75, 3.05) is 0 Å². The Balaban J connectivity index is 0.00000144. The molecule has 0 aromatic heterocycles. The molecular weight excluding hydrogens is 260 g/mol. The van der Waals surface area contributed by atoms with E-state index in [0.29, 0.717) is 6.54 Å². The highest BCUT2D eigenvalue weighted by atomic mass is 35.5. The lowest BCUT2D eigenvalue weighted by atomic mass is 10.00. The van der Waals surface area contributed by atoms with Crippen molar-refractivity contribution in [2.24, 2.45) is 5.73 Å². The molecule has 0 radical (unpaired) electrons. The SMILES string of the molecule is Cl.NCc1ccccc1-c1ccc(Cl)c(F)c1. The molecule has 0 unspecified atom stereocenters. The average Bonchev–Trinajstić information content (AvgIpc) is 2.32. The van der Waals surface area contributed by atoms with Crippen LogP contribution in [-0.2, 0) is 6.54 Å². The molecule has 0 atom stereocenters. The van der Waals surface area contributed by atoms with Gasteiger partial charge >= 0.3 is 0 Å². The van der Waals surface area contributed by atoms with Gasteiger partial charge in [0, 0.05) is 6.54 Å². The number of hydrogen-bond donors (Lipinski definition) is 1. The summed E-state index contributed by atoms with van der Waals surface area (Å²) in [6, 6.07) is 12.4. The summed E-state index contributed by atoms with van der Waals surface area (Å²) in [4.78, 5) is 0. The van der Waals surface area contributed by atoms with Crippen molar-refractivity contribution in [3.63, 3.8) is 0 Å². The van der Waals surface area contributed by atoms with Crippen molar-refractivity contribution >= 4 is 24.0 Å². The van der Waals surface area contributed by atoms with Gasteiger partial charge in [-0.15, -0.1) is 12.4 Å². The van der Waals surface area contributed by atoms with Crippen LogP contribution in [0.4, 0.5) is 4.39 Å². The molecule has 0 fully saturated rings. The second-order valence-corrected chi connectivity index (χ2v) is 3.90. The van der Waals surface area contributed by atoms with Gasteiger partial charge < -0.3 is 5.73 Å². The predicted octanol–water partition coefficient (Wildman–Crippen LogP) is 4.03. The highest BCUT2D eigenvalue weighted by Crippen LogP contribution is 2.26. The van der Waals surface area contributed by atoms with Crippen molar-refractivity contribution < 1.29 is 4.39 Å². The Labute approximate surface area is 111 Å². The molecule has 2 aromatic carbocycles. The first-order valence-electron chi connectivity index (χ1n) is 4.96. The minimum Gasteiger partial charge on any atom is -0.326 e. The van der Waals surface area contributed by atoms with Crippen LogP contribution in [0.5, 0.6) is 0 Å². The van der Waals surface area contributed by atoms with Gasteiger partial charge in [0.25, 0.3) is 0 Å². The Morgan fingerprint density at radius 2 is 1.82 bits per heavy atom. The molecule has 0 spiro atoms. The molecule has 2 rings (SSSR count). The summed E-state index contributed by atoms with van der Waals surface area (Å²) in [7, 11) is 0. The van der Waals surface area contributed by atoms with Gasteiger partial charge in [-0.1, -0.05) is 41.9 Å². The van der Waals surface area contributed by atoms with Gasteiger partial charge in [0.1, 0.15) is 5.82 Å². The van der Waals surface area contributed by atoms with Crippen molar-refractivity contribution in [1.82, 2.24) is 0 Å². The molecule has 2 N–H and O–H groups in total. The number of rotatable bonds is 2. The molecule has 17 heavy (non-hydrogen) atoms. The van der Waals surface area contributed by atoms with Gasteiger partial charge in [0.15, 0.2) is 0 Å². The molecule has 2 aromatic rings. The van der Waals surface area contributed by atoms with Crippen molar-refractivity contribution in [2.45, 2.75) is 6.54 Å². The van der Waals surface area contributed by atoms with E-state index in [9.17, 15) is 4.39 Å². The van der Waals surface area contributed by atoms with Crippen LogP contribution in [-0.4, -0.2) is 0 Å². The van der Waals surface area contributed by atoms with Crippen LogP contribution in [0.25, 0.3) is 11.1 Å². The molecule has 0 bridgehead atoms. The van der Waals surface area contributed by atoms with Crippen LogP contribution in [0, 0.1) is 5.82 Å². The van der Waals surface area contributed by atoms with E-state index >= 15 is 0 Å². The van der Waals surface area contributed by atoms with Crippen LogP contribution in [0.2, 0.25) is 5.02 Å². The van der Waals surface area contributed by atoms with Crippen molar-refractivity contribution in [1.29, 1.82) is 0 Å². The fourth-order valence-corrected chi connectivity index (χ4v) is 1.76. The van der Waals surface area contributed by atoms with Crippen LogP contribution in [0.3, 0.4) is 0 Å². The molecule has 4 heteroatoms. The first kappa shape index (κ1) is 14.0. The van der Waals surface area contributed by atoms with Gasteiger partial charge in [-0.2, -0.15) is 0 Å². The largest absolute Gasteiger partial charge is 0.326 e. The maximum atomic E-state index is 13.3. The second-order valence-electron chi connectivity index (χ2n) is 3.49. The molecule has 0 aliphatic heterocycles. The molecule has 0 amide bonds. The fourth-order valence-electron chi connectivity index (χ4n) is 1.64. The predicted molar refractivity (Wildman–Crippen MR) is 72.0 cm³/mol. The van der Waals surface area contributed by atoms with Gasteiger partial charge in [0.2, 0.25) is 0 Å². The van der Waals surface area contributed by atoms with Crippen LogP contribution < -0.4 is 5.73 Å². The standard InChI is InChI=1S/C13H11ClFN.ClH/c14-12-6-5-9(7-13(12)15)11-4-2-1-3-10(11)8-16;/h1-7H,8,16H2;1H. The van der Waals surface area contributed by atoms with E-state index in [2.05, 4.69) is 0 Å². The molecular formula is C13H12Cl2FN. The summed E-state index contributed by atoms with van der Waals surface area (Å²) in [5, 5.41) is 0.133. The summed E-state index contributed by atoms with van der Waals surface area (Å²) in [5.74, 6) is -0.411. The third kappa shape index (κ3) is 2.97. The summed E-state index contributed by atoms with van der Waals surface area (Å²) in [6.07, 6.45) is 0. The lowest BCUT2D eigenvalue weighted by molar-refractivity contribution is 0.629. The molecule has 1 nitrogen and oxygen atoms in total. The first-order valence-corrected chi connectivity index (χ1v) is 5.33. The van der Waals surface area contributed by atoms with E-state index in [4.69, 9.17) is 17.3 Å². The molecule has 0 aliphatic carbocycles. The summed E-state index contributed by atoms with van der Waals surface area (Å²) in [5.41, 5.74) is 8.37. The lowest BCUT2D eigenvalue weighted by Gasteiger charge is -2.08. The quantitative estimate of drug-likeness (QED) is 0.877. The molecule has 0 saturated carbocycles. The van der Waals surface area contributed by atoms with Gasteiger partial charge in [-0.05, 0) is 28.8 Å². The lowest BCUT2D eigenvalue weighted by Crippen LogP contribution is -1.98. The third-order valence-corrected chi connectivity index (χ3v) is 2.77. The number of halogens is 3. The molecule has 90 valence electrons. The molecule has 0 heterocycles. The number of nitrogens with two attached hydrogens (primary N) is 1. The van der Waals surface area contributed by atoms with E-state index in [1.54, 1.807) is 12.1 Å². The van der Waals surface area contributed by atoms with Crippen LogP contribution in [0.1, 0.15) is 5.56 Å². The zero-order valence-corrected chi connectivity index (χ0v) is 10.6. The third-order valence-electron chi connectivity index (χ3n) is 2.47. The highest BCUT2D eigenvalue weighted by Gasteiger charge is 2.06. The van der Waals surface area contributed by atoms with E-state index in [-0.39, 0.29) is 17.4 Å². The van der Waals surface area contributed by atoms with Crippen LogP contribution in [0.15, 0.2) is 42.5 Å².